The van der Waals surface area contributed by atoms with Gasteiger partial charge in [0.1, 0.15) is 6.10 Å². The Labute approximate surface area is 262 Å². The third-order valence-corrected chi connectivity index (χ3v) is 8.56. The zero-order valence-corrected chi connectivity index (χ0v) is 28.3. The van der Waals surface area contributed by atoms with Gasteiger partial charge >= 0.3 is 11.9 Å². The SMILES string of the molecule is CCCCCCCC/C=C\CCCCCCCCCCCCCC(=O)OC(CC)CCCCCCCCCCC(=O)O. The lowest BCUT2D eigenvalue weighted by molar-refractivity contribution is -0.149. The van der Waals surface area contributed by atoms with Gasteiger partial charge in [-0.05, 0) is 57.8 Å². The van der Waals surface area contributed by atoms with Gasteiger partial charge in [-0.2, -0.15) is 0 Å². The normalized spacial score (nSPS) is 12.2. The minimum absolute atomic E-state index is 0.00323. The van der Waals surface area contributed by atoms with E-state index in [1.165, 1.54) is 135 Å². The molecule has 0 aliphatic carbocycles. The molecule has 0 aromatic heterocycles. The predicted molar refractivity (Wildman–Crippen MR) is 181 cm³/mol. The van der Waals surface area contributed by atoms with Crippen molar-refractivity contribution >= 4 is 11.9 Å². The fourth-order valence-electron chi connectivity index (χ4n) is 5.70. The van der Waals surface area contributed by atoms with Crippen LogP contribution < -0.4 is 0 Å². The molecule has 0 heterocycles. The smallest absolute Gasteiger partial charge is 0.306 e. The van der Waals surface area contributed by atoms with Crippen molar-refractivity contribution in [1.29, 1.82) is 0 Å². The standard InChI is InChI=1S/C38H72O4/c1-3-5-6-7-8-9-10-11-12-13-14-15-16-17-18-19-20-21-26-29-32-35-38(41)42-36(4-2)33-30-27-24-22-23-25-28-31-34-37(39)40/h11-12,36H,3-10,13-35H2,1-2H3,(H,39,40)/b12-11-. The maximum Gasteiger partial charge on any atom is 0.306 e. The van der Waals surface area contributed by atoms with Crippen LogP contribution in [-0.4, -0.2) is 23.1 Å². The van der Waals surface area contributed by atoms with Crippen molar-refractivity contribution in [3.05, 3.63) is 12.2 Å². The molecule has 4 heteroatoms. The van der Waals surface area contributed by atoms with Crippen LogP contribution in [0.15, 0.2) is 12.2 Å². The van der Waals surface area contributed by atoms with Crippen molar-refractivity contribution in [2.75, 3.05) is 0 Å². The van der Waals surface area contributed by atoms with E-state index < -0.39 is 5.97 Å². The van der Waals surface area contributed by atoms with Gasteiger partial charge in [0.25, 0.3) is 0 Å². The number of allylic oxidation sites excluding steroid dienone is 2. The van der Waals surface area contributed by atoms with Gasteiger partial charge in [-0.3, -0.25) is 9.59 Å². The van der Waals surface area contributed by atoms with E-state index in [1.807, 2.05) is 0 Å². The van der Waals surface area contributed by atoms with E-state index in [1.54, 1.807) is 0 Å². The molecule has 0 aliphatic heterocycles. The molecule has 248 valence electrons. The molecule has 0 fully saturated rings. The maximum atomic E-state index is 12.3. The number of carboxylic acid groups (broad SMARTS) is 1. The van der Waals surface area contributed by atoms with E-state index >= 15 is 0 Å². The van der Waals surface area contributed by atoms with E-state index in [0.29, 0.717) is 12.8 Å². The predicted octanol–water partition coefficient (Wildman–Crippen LogP) is 12.7. The lowest BCUT2D eigenvalue weighted by Crippen LogP contribution is -2.17. The van der Waals surface area contributed by atoms with E-state index in [9.17, 15) is 9.59 Å². The second kappa shape index (κ2) is 34.2. The summed E-state index contributed by atoms with van der Waals surface area (Å²) in [5.41, 5.74) is 0. The summed E-state index contributed by atoms with van der Waals surface area (Å²) in [6, 6.07) is 0. The first-order valence-corrected chi connectivity index (χ1v) is 18.7. The number of hydrogen-bond acceptors (Lipinski definition) is 3. The third kappa shape index (κ3) is 33.2. The molecule has 0 amide bonds. The fourth-order valence-corrected chi connectivity index (χ4v) is 5.70. The van der Waals surface area contributed by atoms with Gasteiger partial charge in [0.2, 0.25) is 0 Å². The van der Waals surface area contributed by atoms with Crippen LogP contribution in [0, 0.1) is 0 Å². The van der Waals surface area contributed by atoms with Crippen molar-refractivity contribution < 1.29 is 19.4 Å². The second-order valence-corrected chi connectivity index (χ2v) is 12.7. The number of carbonyl (C=O) groups is 2. The Balaban J connectivity index is 3.39. The second-order valence-electron chi connectivity index (χ2n) is 12.7. The minimum atomic E-state index is -0.684. The van der Waals surface area contributed by atoms with Crippen LogP contribution in [0.25, 0.3) is 0 Å². The first-order valence-electron chi connectivity index (χ1n) is 18.7. The zero-order chi connectivity index (χ0) is 30.8. The van der Waals surface area contributed by atoms with Crippen LogP contribution in [0.2, 0.25) is 0 Å². The highest BCUT2D eigenvalue weighted by molar-refractivity contribution is 5.69. The lowest BCUT2D eigenvalue weighted by Gasteiger charge is -2.16. The number of unbranched alkanes of at least 4 members (excludes halogenated alkanes) is 24. The molecule has 0 aromatic rings. The zero-order valence-electron chi connectivity index (χ0n) is 28.3. The van der Waals surface area contributed by atoms with Gasteiger partial charge < -0.3 is 9.84 Å². The molecule has 0 spiro atoms. The number of hydrogen-bond donors (Lipinski definition) is 1. The molecule has 1 atom stereocenters. The summed E-state index contributed by atoms with van der Waals surface area (Å²) in [6.07, 6.45) is 41.8. The van der Waals surface area contributed by atoms with Gasteiger partial charge in [0.15, 0.2) is 0 Å². The maximum absolute atomic E-state index is 12.3. The van der Waals surface area contributed by atoms with Crippen molar-refractivity contribution in [1.82, 2.24) is 0 Å². The summed E-state index contributed by atoms with van der Waals surface area (Å²) in [4.78, 5) is 22.8. The largest absolute Gasteiger partial charge is 0.481 e. The van der Waals surface area contributed by atoms with Gasteiger partial charge in [-0.1, -0.05) is 154 Å². The summed E-state index contributed by atoms with van der Waals surface area (Å²) < 4.78 is 5.74. The molecule has 0 radical (unpaired) electrons. The average Bonchev–Trinajstić information content (AvgIpc) is 2.98. The summed E-state index contributed by atoms with van der Waals surface area (Å²) in [7, 11) is 0. The number of carbonyl (C=O) groups excluding carboxylic acids is 1. The van der Waals surface area contributed by atoms with Crippen LogP contribution >= 0.6 is 0 Å². The van der Waals surface area contributed by atoms with E-state index in [4.69, 9.17) is 9.84 Å². The minimum Gasteiger partial charge on any atom is -0.481 e. The Kier molecular flexibility index (Phi) is 33.1. The van der Waals surface area contributed by atoms with E-state index in [2.05, 4.69) is 26.0 Å². The quantitative estimate of drug-likeness (QED) is 0.0458. The Morgan fingerprint density at radius 3 is 1.33 bits per heavy atom. The van der Waals surface area contributed by atoms with E-state index in [0.717, 1.165) is 51.4 Å². The number of carboxylic acids is 1. The monoisotopic (exact) mass is 593 g/mol. The highest BCUT2D eigenvalue weighted by Gasteiger charge is 2.12. The molecule has 1 unspecified atom stereocenters. The van der Waals surface area contributed by atoms with Gasteiger partial charge in [-0.25, -0.2) is 0 Å². The Bertz CT molecular complexity index is 600. The topological polar surface area (TPSA) is 63.6 Å². The summed E-state index contributed by atoms with van der Waals surface area (Å²) in [5, 5.41) is 8.66. The van der Waals surface area contributed by atoms with Gasteiger partial charge in [-0.15, -0.1) is 0 Å². The first-order chi connectivity index (χ1) is 20.6. The third-order valence-electron chi connectivity index (χ3n) is 8.56. The van der Waals surface area contributed by atoms with Gasteiger partial charge in [0, 0.05) is 12.8 Å². The number of ether oxygens (including phenoxy) is 1. The number of rotatable bonds is 34. The molecule has 0 rings (SSSR count). The molecule has 0 aliphatic rings. The molecular weight excluding hydrogens is 520 g/mol. The van der Waals surface area contributed by atoms with Crippen LogP contribution in [0.4, 0.5) is 0 Å². The summed E-state index contributed by atoms with van der Waals surface area (Å²) in [6.45, 7) is 4.40. The Morgan fingerprint density at radius 2 is 0.905 bits per heavy atom. The Morgan fingerprint density at radius 1 is 0.524 bits per heavy atom. The molecule has 0 saturated carbocycles. The summed E-state index contributed by atoms with van der Waals surface area (Å²) >= 11 is 0. The molecule has 0 bridgehead atoms. The van der Waals surface area contributed by atoms with Crippen LogP contribution in [0.1, 0.15) is 213 Å². The molecule has 4 nitrogen and oxygen atoms in total. The lowest BCUT2D eigenvalue weighted by atomic mass is 10.0. The van der Waals surface area contributed by atoms with E-state index in [-0.39, 0.29) is 12.1 Å². The van der Waals surface area contributed by atoms with Crippen LogP contribution in [-0.2, 0) is 14.3 Å². The average molecular weight is 593 g/mol. The molecule has 1 N–H and O–H groups in total. The van der Waals surface area contributed by atoms with Crippen LogP contribution in [0.3, 0.4) is 0 Å². The molecule has 0 saturated heterocycles. The molecule has 0 aromatic carbocycles. The first kappa shape index (κ1) is 40.7. The Hall–Kier alpha value is -1.32. The molecule has 42 heavy (non-hydrogen) atoms. The fraction of sp³-hybridized carbons (Fsp3) is 0.895. The van der Waals surface area contributed by atoms with Gasteiger partial charge in [0.05, 0.1) is 0 Å². The van der Waals surface area contributed by atoms with Crippen LogP contribution in [0.5, 0.6) is 0 Å². The number of aliphatic carboxylic acids is 1. The van der Waals surface area contributed by atoms with Crippen molar-refractivity contribution in [3.63, 3.8) is 0 Å². The van der Waals surface area contributed by atoms with Crippen molar-refractivity contribution in [2.45, 2.75) is 219 Å². The summed E-state index contributed by atoms with van der Waals surface area (Å²) in [5.74, 6) is -0.688. The molecular formula is C38H72O4. The van der Waals surface area contributed by atoms with Crippen molar-refractivity contribution in [2.24, 2.45) is 0 Å². The highest BCUT2D eigenvalue weighted by Crippen LogP contribution is 2.16. The van der Waals surface area contributed by atoms with Crippen molar-refractivity contribution in [3.8, 4) is 0 Å². The highest BCUT2D eigenvalue weighted by atomic mass is 16.5. The number of esters is 1.